The molecule has 2 N–H and O–H groups in total. The normalized spacial score (nSPS) is 11.1. The highest BCUT2D eigenvalue weighted by Gasteiger charge is 2.04. The molecule has 0 atom stereocenters. The zero-order valence-corrected chi connectivity index (χ0v) is 16.0. The largest absolute Gasteiger partial charge is 0.459 e. The van der Waals surface area contributed by atoms with E-state index in [0.29, 0.717) is 13.1 Å². The summed E-state index contributed by atoms with van der Waals surface area (Å²) < 4.78 is 5.81. The van der Waals surface area contributed by atoms with E-state index in [4.69, 9.17) is 4.42 Å². The molecule has 5 heteroatoms. The van der Waals surface area contributed by atoms with Crippen LogP contribution in [0.4, 0.5) is 0 Å². The minimum Gasteiger partial charge on any atom is -0.459 e. The molecular formula is C19H22IN3O. The van der Waals surface area contributed by atoms with Crippen LogP contribution in [-0.4, -0.2) is 12.5 Å². The summed E-state index contributed by atoms with van der Waals surface area (Å²) in [5.41, 5.74) is 2.10. The number of hydrogen-bond donors (Lipinski definition) is 2. The number of guanidine groups is 1. The summed E-state index contributed by atoms with van der Waals surface area (Å²) in [4.78, 5) is 4.61. The molecule has 126 valence electrons. The number of fused-ring (bicyclic) bond motifs is 1. The van der Waals surface area contributed by atoms with Gasteiger partial charge in [-0.3, -0.25) is 0 Å². The molecular weight excluding hydrogens is 413 g/mol. The zero-order chi connectivity index (χ0) is 15.9. The molecule has 0 aliphatic heterocycles. The number of halogens is 1. The first kappa shape index (κ1) is 18.3. The van der Waals surface area contributed by atoms with Gasteiger partial charge in [0, 0.05) is 11.9 Å². The monoisotopic (exact) mass is 435 g/mol. The van der Waals surface area contributed by atoms with Crippen LogP contribution >= 0.6 is 24.0 Å². The van der Waals surface area contributed by atoms with Crippen molar-refractivity contribution in [1.29, 1.82) is 0 Å². The van der Waals surface area contributed by atoms with E-state index in [0.717, 1.165) is 29.2 Å². The van der Waals surface area contributed by atoms with Gasteiger partial charge in [-0.15, -0.1) is 24.0 Å². The van der Waals surface area contributed by atoms with Gasteiger partial charge in [0.05, 0.1) is 13.1 Å². The van der Waals surface area contributed by atoms with E-state index in [1.165, 1.54) is 5.56 Å². The maximum absolute atomic E-state index is 5.81. The molecule has 0 aliphatic carbocycles. The van der Waals surface area contributed by atoms with E-state index in [2.05, 4.69) is 46.8 Å². The first-order valence-electron chi connectivity index (χ1n) is 7.88. The Morgan fingerprint density at radius 2 is 1.75 bits per heavy atom. The van der Waals surface area contributed by atoms with E-state index in [1.54, 1.807) is 0 Å². The van der Waals surface area contributed by atoms with Crippen LogP contribution in [0.15, 0.2) is 70.1 Å². The second-order valence-electron chi connectivity index (χ2n) is 5.28. The van der Waals surface area contributed by atoms with E-state index in [1.807, 2.05) is 36.4 Å². The Labute approximate surface area is 159 Å². The maximum Gasteiger partial charge on any atom is 0.191 e. The van der Waals surface area contributed by atoms with Gasteiger partial charge in [-0.25, -0.2) is 4.99 Å². The number of nitrogens with zero attached hydrogens (tertiary/aromatic N) is 1. The number of benzene rings is 2. The Morgan fingerprint density at radius 1 is 1.00 bits per heavy atom. The molecule has 0 radical (unpaired) electrons. The zero-order valence-electron chi connectivity index (χ0n) is 13.7. The van der Waals surface area contributed by atoms with Gasteiger partial charge in [-0.05, 0) is 24.6 Å². The van der Waals surface area contributed by atoms with Gasteiger partial charge in [0.2, 0.25) is 0 Å². The minimum absolute atomic E-state index is 0. The van der Waals surface area contributed by atoms with Gasteiger partial charge < -0.3 is 15.1 Å². The quantitative estimate of drug-likeness (QED) is 0.357. The lowest BCUT2D eigenvalue weighted by Gasteiger charge is -2.10. The number of nitrogens with one attached hydrogen (secondary N) is 2. The first-order chi connectivity index (χ1) is 11.3. The number of para-hydroxylation sites is 1. The van der Waals surface area contributed by atoms with Crippen molar-refractivity contribution in [2.45, 2.75) is 20.0 Å². The molecule has 0 saturated carbocycles. The smallest absolute Gasteiger partial charge is 0.191 e. The molecule has 3 rings (SSSR count). The third-order valence-corrected chi connectivity index (χ3v) is 3.51. The second kappa shape index (κ2) is 9.32. The van der Waals surface area contributed by atoms with Crippen LogP contribution < -0.4 is 10.6 Å². The predicted molar refractivity (Wildman–Crippen MR) is 110 cm³/mol. The summed E-state index contributed by atoms with van der Waals surface area (Å²) in [6.45, 7) is 4.13. The molecule has 2 aromatic carbocycles. The highest BCUT2D eigenvalue weighted by Crippen LogP contribution is 2.18. The van der Waals surface area contributed by atoms with Gasteiger partial charge in [-0.1, -0.05) is 48.5 Å². The Hall–Kier alpha value is -2.02. The van der Waals surface area contributed by atoms with Crippen LogP contribution in [0.25, 0.3) is 11.0 Å². The molecule has 3 aromatic rings. The Kier molecular flexibility index (Phi) is 7.11. The molecule has 1 heterocycles. The predicted octanol–water partition coefficient (Wildman–Crippen LogP) is 4.31. The molecule has 0 spiro atoms. The summed E-state index contributed by atoms with van der Waals surface area (Å²) >= 11 is 0. The van der Waals surface area contributed by atoms with Crippen molar-refractivity contribution in [3.05, 3.63) is 72.0 Å². The van der Waals surface area contributed by atoms with Crippen molar-refractivity contribution < 1.29 is 4.42 Å². The minimum atomic E-state index is 0. The van der Waals surface area contributed by atoms with Crippen LogP contribution in [0.2, 0.25) is 0 Å². The summed E-state index contributed by atoms with van der Waals surface area (Å²) in [6.07, 6.45) is 0. The maximum atomic E-state index is 5.81. The fourth-order valence-corrected chi connectivity index (χ4v) is 2.39. The number of rotatable bonds is 5. The first-order valence-corrected chi connectivity index (χ1v) is 7.88. The van der Waals surface area contributed by atoms with Crippen molar-refractivity contribution in [2.75, 3.05) is 6.54 Å². The summed E-state index contributed by atoms with van der Waals surface area (Å²) in [7, 11) is 0. The molecule has 24 heavy (non-hydrogen) atoms. The third-order valence-electron chi connectivity index (χ3n) is 3.51. The fraction of sp³-hybridized carbons (Fsp3) is 0.211. The van der Waals surface area contributed by atoms with Crippen LogP contribution in [0, 0.1) is 0 Å². The summed E-state index contributed by atoms with van der Waals surface area (Å²) in [5.74, 6) is 1.69. The van der Waals surface area contributed by atoms with Crippen molar-refractivity contribution >= 4 is 40.9 Å². The van der Waals surface area contributed by atoms with Crippen LogP contribution in [0.1, 0.15) is 18.2 Å². The van der Waals surface area contributed by atoms with Crippen molar-refractivity contribution in [2.24, 2.45) is 4.99 Å². The Balaban J connectivity index is 0.00000208. The van der Waals surface area contributed by atoms with Gasteiger partial charge in [0.1, 0.15) is 11.3 Å². The third kappa shape index (κ3) is 4.99. The van der Waals surface area contributed by atoms with Gasteiger partial charge >= 0.3 is 0 Å². The molecule has 4 nitrogen and oxygen atoms in total. The molecule has 0 amide bonds. The van der Waals surface area contributed by atoms with Crippen molar-refractivity contribution in [3.8, 4) is 0 Å². The SMILES string of the molecule is CCNC(=NCc1ccccc1)NCc1cc2ccccc2o1.I. The molecule has 0 bridgehead atoms. The van der Waals surface area contributed by atoms with Crippen molar-refractivity contribution in [1.82, 2.24) is 10.6 Å². The lowest BCUT2D eigenvalue weighted by Crippen LogP contribution is -2.36. The lowest BCUT2D eigenvalue weighted by molar-refractivity contribution is 0.538. The number of hydrogen-bond acceptors (Lipinski definition) is 2. The molecule has 0 aliphatic rings. The summed E-state index contributed by atoms with van der Waals surface area (Å²) in [6, 6.07) is 20.3. The van der Waals surface area contributed by atoms with Crippen molar-refractivity contribution in [3.63, 3.8) is 0 Å². The van der Waals surface area contributed by atoms with Crippen LogP contribution in [0.5, 0.6) is 0 Å². The fourth-order valence-electron chi connectivity index (χ4n) is 2.39. The number of aliphatic imine (C=N–C) groups is 1. The van der Waals surface area contributed by atoms with Gasteiger partial charge in [0.15, 0.2) is 5.96 Å². The number of furan rings is 1. The van der Waals surface area contributed by atoms with Crippen LogP contribution in [0.3, 0.4) is 0 Å². The highest BCUT2D eigenvalue weighted by atomic mass is 127. The van der Waals surface area contributed by atoms with Gasteiger partial charge in [-0.2, -0.15) is 0 Å². The molecule has 1 aromatic heterocycles. The lowest BCUT2D eigenvalue weighted by atomic mass is 10.2. The molecule has 0 fully saturated rings. The highest BCUT2D eigenvalue weighted by molar-refractivity contribution is 14.0. The Bertz CT molecular complexity index is 750. The topological polar surface area (TPSA) is 49.6 Å². The summed E-state index contributed by atoms with van der Waals surface area (Å²) in [5, 5.41) is 7.69. The van der Waals surface area contributed by atoms with E-state index in [-0.39, 0.29) is 24.0 Å². The molecule has 0 saturated heterocycles. The van der Waals surface area contributed by atoms with E-state index < -0.39 is 0 Å². The van der Waals surface area contributed by atoms with E-state index in [9.17, 15) is 0 Å². The standard InChI is InChI=1S/C19H21N3O.HI/c1-2-20-19(21-13-15-8-4-3-5-9-15)22-14-17-12-16-10-6-7-11-18(16)23-17;/h3-12H,2,13-14H2,1H3,(H2,20,21,22);1H. The molecule has 0 unspecified atom stereocenters. The van der Waals surface area contributed by atoms with Crippen LogP contribution in [-0.2, 0) is 13.1 Å². The average molecular weight is 435 g/mol. The average Bonchev–Trinajstić information content (AvgIpc) is 3.01. The second-order valence-corrected chi connectivity index (χ2v) is 5.28. The van der Waals surface area contributed by atoms with Gasteiger partial charge in [0.25, 0.3) is 0 Å². The van der Waals surface area contributed by atoms with E-state index >= 15 is 0 Å². The Morgan fingerprint density at radius 3 is 2.50 bits per heavy atom.